The third-order valence-electron chi connectivity index (χ3n) is 2.03. The number of aromatic nitrogens is 1. The van der Waals surface area contributed by atoms with Crippen LogP contribution in [0.4, 0.5) is 0 Å². The molecule has 0 aliphatic heterocycles. The molecule has 2 heterocycles. The Morgan fingerprint density at radius 3 is 2.71 bits per heavy atom. The number of nitrogens with zero attached hydrogens (tertiary/aromatic N) is 1. The van der Waals surface area contributed by atoms with E-state index in [9.17, 15) is 0 Å². The van der Waals surface area contributed by atoms with Crippen LogP contribution in [0, 0.1) is 13.8 Å². The Morgan fingerprint density at radius 1 is 1.43 bits per heavy atom. The minimum absolute atomic E-state index is 0.388. The molecule has 0 amide bonds. The summed E-state index contributed by atoms with van der Waals surface area (Å²) in [5, 5.41) is 0. The van der Waals surface area contributed by atoms with Gasteiger partial charge in [-0.3, -0.25) is 0 Å². The molecule has 2 aromatic rings. The van der Waals surface area contributed by atoms with Gasteiger partial charge in [0.05, 0.1) is 11.3 Å². The minimum Gasteiger partial charge on any atom is -0.466 e. The van der Waals surface area contributed by atoms with Gasteiger partial charge in [0.25, 0.3) is 0 Å². The van der Waals surface area contributed by atoms with Gasteiger partial charge in [-0.15, -0.1) is 0 Å². The first-order chi connectivity index (χ1) is 6.70. The van der Waals surface area contributed by atoms with E-state index in [1.165, 1.54) is 0 Å². The van der Waals surface area contributed by atoms with Crippen molar-refractivity contribution < 1.29 is 8.83 Å². The fourth-order valence-electron chi connectivity index (χ4n) is 1.37. The smallest absolute Gasteiger partial charge is 0.229 e. The molecule has 0 unspecified atom stereocenters. The van der Waals surface area contributed by atoms with Crippen molar-refractivity contribution in [1.29, 1.82) is 0 Å². The van der Waals surface area contributed by atoms with Crippen LogP contribution in [-0.4, -0.2) is 4.98 Å². The van der Waals surface area contributed by atoms with Crippen LogP contribution in [0.15, 0.2) is 21.2 Å². The first-order valence-electron chi connectivity index (χ1n) is 4.42. The van der Waals surface area contributed by atoms with E-state index < -0.39 is 0 Å². The molecule has 0 spiro atoms. The number of nitrogens with two attached hydrogens (primary N) is 1. The molecule has 0 fully saturated rings. The van der Waals surface area contributed by atoms with E-state index >= 15 is 0 Å². The van der Waals surface area contributed by atoms with E-state index in [0.717, 1.165) is 22.8 Å². The zero-order chi connectivity index (χ0) is 10.1. The first kappa shape index (κ1) is 9.02. The molecule has 0 bridgehead atoms. The summed E-state index contributed by atoms with van der Waals surface area (Å²) in [5.41, 5.74) is 7.08. The molecule has 2 aromatic heterocycles. The van der Waals surface area contributed by atoms with Crippen LogP contribution in [0.3, 0.4) is 0 Å². The standard InChI is InChI=1S/C10H12N2O2/c1-6-3-9(7(2)14-6)10-12-8(4-11)5-13-10/h3,5H,4,11H2,1-2H3. The van der Waals surface area contributed by atoms with Crippen LogP contribution in [0.2, 0.25) is 0 Å². The van der Waals surface area contributed by atoms with Crippen molar-refractivity contribution in [1.82, 2.24) is 4.98 Å². The first-order valence-corrected chi connectivity index (χ1v) is 4.42. The van der Waals surface area contributed by atoms with Crippen molar-refractivity contribution in [3.63, 3.8) is 0 Å². The van der Waals surface area contributed by atoms with Crippen LogP contribution >= 0.6 is 0 Å². The number of aryl methyl sites for hydroxylation is 2. The third-order valence-corrected chi connectivity index (χ3v) is 2.03. The Morgan fingerprint density at radius 2 is 2.21 bits per heavy atom. The molecular formula is C10H12N2O2. The van der Waals surface area contributed by atoms with Gasteiger partial charge in [0.15, 0.2) is 0 Å². The molecule has 4 heteroatoms. The zero-order valence-electron chi connectivity index (χ0n) is 8.20. The SMILES string of the molecule is Cc1cc(-c2nc(CN)co2)c(C)o1. The second-order valence-corrected chi connectivity index (χ2v) is 3.18. The van der Waals surface area contributed by atoms with E-state index in [0.29, 0.717) is 12.4 Å². The zero-order valence-corrected chi connectivity index (χ0v) is 8.20. The normalized spacial score (nSPS) is 10.8. The fourth-order valence-corrected chi connectivity index (χ4v) is 1.37. The molecule has 0 aliphatic carbocycles. The Bertz CT molecular complexity index is 443. The molecule has 74 valence electrons. The van der Waals surface area contributed by atoms with Crippen molar-refractivity contribution in [2.24, 2.45) is 5.73 Å². The molecule has 0 saturated carbocycles. The maximum atomic E-state index is 5.44. The average Bonchev–Trinajstić information content (AvgIpc) is 2.71. The average molecular weight is 192 g/mol. The summed E-state index contributed by atoms with van der Waals surface area (Å²) >= 11 is 0. The Labute approximate surface area is 81.7 Å². The summed E-state index contributed by atoms with van der Waals surface area (Å²) < 4.78 is 10.7. The number of oxazole rings is 1. The summed E-state index contributed by atoms with van der Waals surface area (Å²) in [7, 11) is 0. The molecule has 2 N–H and O–H groups in total. The largest absolute Gasteiger partial charge is 0.466 e. The van der Waals surface area contributed by atoms with Crippen LogP contribution < -0.4 is 5.73 Å². The van der Waals surface area contributed by atoms with E-state index in [2.05, 4.69) is 4.98 Å². The Balaban J connectivity index is 2.43. The predicted octanol–water partition coefficient (Wildman–Crippen LogP) is 2.01. The summed E-state index contributed by atoms with van der Waals surface area (Å²) in [6.45, 7) is 4.16. The van der Waals surface area contributed by atoms with Gasteiger partial charge in [-0.25, -0.2) is 4.98 Å². The molecule has 0 aromatic carbocycles. The van der Waals surface area contributed by atoms with Crippen molar-refractivity contribution in [3.8, 4) is 11.5 Å². The lowest BCUT2D eigenvalue weighted by molar-refractivity contribution is 0.502. The van der Waals surface area contributed by atoms with E-state index in [1.807, 2.05) is 19.9 Å². The molecular weight excluding hydrogens is 180 g/mol. The molecule has 2 rings (SSSR count). The van der Waals surface area contributed by atoms with Gasteiger partial charge < -0.3 is 14.6 Å². The lowest BCUT2D eigenvalue weighted by Gasteiger charge is -1.89. The predicted molar refractivity (Wildman–Crippen MR) is 51.6 cm³/mol. The van der Waals surface area contributed by atoms with E-state index in [4.69, 9.17) is 14.6 Å². The van der Waals surface area contributed by atoms with Crippen molar-refractivity contribution in [2.45, 2.75) is 20.4 Å². The Kier molecular flexibility index (Phi) is 2.13. The second-order valence-electron chi connectivity index (χ2n) is 3.18. The van der Waals surface area contributed by atoms with Gasteiger partial charge in [0, 0.05) is 6.54 Å². The van der Waals surface area contributed by atoms with Gasteiger partial charge in [-0.1, -0.05) is 0 Å². The quantitative estimate of drug-likeness (QED) is 0.790. The van der Waals surface area contributed by atoms with E-state index in [-0.39, 0.29) is 0 Å². The molecule has 0 aliphatic rings. The topological polar surface area (TPSA) is 65.2 Å². The number of hydrogen-bond acceptors (Lipinski definition) is 4. The van der Waals surface area contributed by atoms with Crippen molar-refractivity contribution in [3.05, 3.63) is 29.5 Å². The van der Waals surface area contributed by atoms with Crippen LogP contribution in [0.1, 0.15) is 17.2 Å². The van der Waals surface area contributed by atoms with Crippen LogP contribution in [0.25, 0.3) is 11.5 Å². The van der Waals surface area contributed by atoms with Gasteiger partial charge >= 0.3 is 0 Å². The maximum absolute atomic E-state index is 5.44. The summed E-state index contributed by atoms with van der Waals surface area (Å²) in [4.78, 5) is 4.22. The highest BCUT2D eigenvalue weighted by atomic mass is 16.4. The third kappa shape index (κ3) is 1.44. The second kappa shape index (κ2) is 3.31. The fraction of sp³-hybridized carbons (Fsp3) is 0.300. The van der Waals surface area contributed by atoms with Gasteiger partial charge in [-0.05, 0) is 19.9 Å². The molecule has 4 nitrogen and oxygen atoms in total. The highest BCUT2D eigenvalue weighted by Crippen LogP contribution is 2.25. The lowest BCUT2D eigenvalue weighted by atomic mass is 10.2. The number of furan rings is 1. The van der Waals surface area contributed by atoms with E-state index in [1.54, 1.807) is 6.26 Å². The lowest BCUT2D eigenvalue weighted by Crippen LogP contribution is -1.95. The van der Waals surface area contributed by atoms with Gasteiger partial charge in [0.2, 0.25) is 5.89 Å². The molecule has 0 saturated heterocycles. The summed E-state index contributed by atoms with van der Waals surface area (Å²) in [6, 6.07) is 1.90. The highest BCUT2D eigenvalue weighted by molar-refractivity contribution is 5.56. The van der Waals surface area contributed by atoms with Crippen molar-refractivity contribution >= 4 is 0 Å². The molecule has 14 heavy (non-hydrogen) atoms. The minimum atomic E-state index is 0.388. The van der Waals surface area contributed by atoms with Gasteiger partial charge in [-0.2, -0.15) is 0 Å². The van der Waals surface area contributed by atoms with Crippen LogP contribution in [-0.2, 0) is 6.54 Å². The summed E-state index contributed by atoms with van der Waals surface area (Å²) in [5.74, 6) is 2.23. The van der Waals surface area contributed by atoms with Crippen LogP contribution in [0.5, 0.6) is 0 Å². The number of rotatable bonds is 2. The van der Waals surface area contributed by atoms with Gasteiger partial charge in [0.1, 0.15) is 17.8 Å². The monoisotopic (exact) mass is 192 g/mol. The van der Waals surface area contributed by atoms with Crippen molar-refractivity contribution in [2.75, 3.05) is 0 Å². The molecule has 0 atom stereocenters. The molecule has 0 radical (unpaired) electrons. The number of hydrogen-bond donors (Lipinski definition) is 1. The maximum Gasteiger partial charge on any atom is 0.229 e. The Hall–Kier alpha value is -1.55. The highest BCUT2D eigenvalue weighted by Gasteiger charge is 2.12. The summed E-state index contributed by atoms with van der Waals surface area (Å²) in [6.07, 6.45) is 1.57.